The van der Waals surface area contributed by atoms with Crippen molar-refractivity contribution in [2.24, 2.45) is 5.10 Å². The zero-order chi connectivity index (χ0) is 13.9. The van der Waals surface area contributed by atoms with Crippen LogP contribution < -0.4 is 9.94 Å². The quantitative estimate of drug-likeness (QED) is 0.440. The molecule has 3 rings (SSSR count). The Labute approximate surface area is 120 Å². The van der Waals surface area contributed by atoms with E-state index in [1.807, 2.05) is 43.3 Å². The number of nitrogens with zero attached hydrogens (tertiary/aromatic N) is 4. The summed E-state index contributed by atoms with van der Waals surface area (Å²) in [6, 6.07) is 11.2. The van der Waals surface area contributed by atoms with Gasteiger partial charge in [0.1, 0.15) is 0 Å². The van der Waals surface area contributed by atoms with Crippen LogP contribution in [0.3, 0.4) is 0 Å². The SMILES string of the molecule is CC(=NNc1ccc2n[nH]c[n+]2n1)c1ccc(Cl)cc1. The summed E-state index contributed by atoms with van der Waals surface area (Å²) >= 11 is 5.86. The molecule has 0 unspecified atom stereocenters. The molecule has 20 heavy (non-hydrogen) atoms. The van der Waals surface area contributed by atoms with Crippen molar-refractivity contribution >= 4 is 28.8 Å². The third-order valence-electron chi connectivity index (χ3n) is 2.80. The van der Waals surface area contributed by atoms with Gasteiger partial charge in [0.2, 0.25) is 6.33 Å². The Hall–Kier alpha value is -2.47. The molecule has 2 aromatic heterocycles. The number of H-pyrrole nitrogens is 1. The molecule has 0 saturated heterocycles. The Morgan fingerprint density at radius 1 is 1.25 bits per heavy atom. The maximum atomic E-state index is 5.86. The first-order chi connectivity index (χ1) is 9.72. The van der Waals surface area contributed by atoms with Gasteiger partial charge in [-0.25, -0.2) is 0 Å². The summed E-state index contributed by atoms with van der Waals surface area (Å²) in [4.78, 5) is 0. The van der Waals surface area contributed by atoms with Crippen molar-refractivity contribution in [1.82, 2.24) is 15.3 Å². The number of hydrogen-bond acceptors (Lipinski definition) is 4. The molecule has 0 aliphatic rings. The molecule has 0 amide bonds. The minimum absolute atomic E-state index is 0.636. The molecule has 0 fully saturated rings. The molecular weight excluding hydrogens is 276 g/mol. The zero-order valence-corrected chi connectivity index (χ0v) is 11.5. The molecule has 2 N–H and O–H groups in total. The van der Waals surface area contributed by atoms with E-state index in [9.17, 15) is 0 Å². The molecule has 0 radical (unpaired) electrons. The van der Waals surface area contributed by atoms with E-state index in [4.69, 9.17) is 11.6 Å². The molecule has 1 aromatic carbocycles. The van der Waals surface area contributed by atoms with E-state index < -0.39 is 0 Å². The Bertz CT molecular complexity index is 762. The van der Waals surface area contributed by atoms with Crippen molar-refractivity contribution in [2.45, 2.75) is 6.92 Å². The van der Waals surface area contributed by atoms with Gasteiger partial charge >= 0.3 is 5.65 Å². The number of aromatic amines is 1. The van der Waals surface area contributed by atoms with Crippen LogP contribution in [0, 0.1) is 0 Å². The van der Waals surface area contributed by atoms with Gasteiger partial charge in [-0.2, -0.15) is 5.10 Å². The third kappa shape index (κ3) is 2.60. The summed E-state index contributed by atoms with van der Waals surface area (Å²) in [5.74, 6) is 0.636. The molecule has 0 aliphatic heterocycles. The second kappa shape index (κ2) is 5.26. The Kier molecular flexibility index (Phi) is 3.30. The van der Waals surface area contributed by atoms with Crippen molar-refractivity contribution in [1.29, 1.82) is 0 Å². The number of hydrazone groups is 1. The van der Waals surface area contributed by atoms with E-state index >= 15 is 0 Å². The van der Waals surface area contributed by atoms with Gasteiger partial charge in [0, 0.05) is 16.2 Å². The van der Waals surface area contributed by atoms with E-state index in [-0.39, 0.29) is 0 Å². The van der Waals surface area contributed by atoms with Gasteiger partial charge in [-0.05, 0) is 30.7 Å². The number of rotatable bonds is 3. The van der Waals surface area contributed by atoms with Crippen molar-refractivity contribution < 1.29 is 4.52 Å². The number of aromatic nitrogens is 4. The lowest BCUT2D eigenvalue weighted by molar-refractivity contribution is -0.579. The molecular formula is C13H12ClN6+. The normalized spacial score (nSPS) is 11.8. The lowest BCUT2D eigenvalue weighted by atomic mass is 10.1. The lowest BCUT2D eigenvalue weighted by Crippen LogP contribution is -2.24. The second-order valence-electron chi connectivity index (χ2n) is 4.21. The van der Waals surface area contributed by atoms with Crippen LogP contribution >= 0.6 is 11.6 Å². The highest BCUT2D eigenvalue weighted by atomic mass is 35.5. The van der Waals surface area contributed by atoms with E-state index in [2.05, 4.69) is 25.8 Å². The standard InChI is InChI=1S/C13H11ClN6/c1-9(10-2-4-11(14)5-3-10)16-17-12-6-7-13-18-15-8-20(13)19-12/h2-8H,1H3,(H,17,19)/p+1. The van der Waals surface area contributed by atoms with E-state index in [1.165, 1.54) is 0 Å². The Morgan fingerprint density at radius 3 is 2.85 bits per heavy atom. The smallest absolute Gasteiger partial charge is 0.259 e. The van der Waals surface area contributed by atoms with Gasteiger partial charge < -0.3 is 0 Å². The van der Waals surface area contributed by atoms with Gasteiger partial charge in [0.15, 0.2) is 5.82 Å². The fourth-order valence-electron chi connectivity index (χ4n) is 1.72. The molecule has 0 atom stereocenters. The van der Waals surface area contributed by atoms with Crippen LogP contribution in [0.5, 0.6) is 0 Å². The fourth-order valence-corrected chi connectivity index (χ4v) is 1.85. The molecule has 100 valence electrons. The summed E-state index contributed by atoms with van der Waals surface area (Å²) in [6.07, 6.45) is 1.66. The maximum Gasteiger partial charge on any atom is 0.325 e. The predicted molar refractivity (Wildman–Crippen MR) is 76.8 cm³/mol. The van der Waals surface area contributed by atoms with Crippen molar-refractivity contribution in [3.8, 4) is 0 Å². The summed E-state index contributed by atoms with van der Waals surface area (Å²) < 4.78 is 1.63. The number of hydrogen-bond donors (Lipinski definition) is 2. The van der Waals surface area contributed by atoms with Crippen LogP contribution in [0.2, 0.25) is 5.02 Å². The Morgan fingerprint density at radius 2 is 2.05 bits per heavy atom. The van der Waals surface area contributed by atoms with Gasteiger partial charge in [0.25, 0.3) is 0 Å². The summed E-state index contributed by atoms with van der Waals surface area (Å²) in [7, 11) is 0. The topological polar surface area (TPSA) is 70.1 Å². The monoisotopic (exact) mass is 287 g/mol. The van der Waals surface area contributed by atoms with Crippen LogP contribution in [0.1, 0.15) is 12.5 Å². The highest BCUT2D eigenvalue weighted by Gasteiger charge is 2.05. The van der Waals surface area contributed by atoms with Crippen molar-refractivity contribution in [3.05, 3.63) is 53.3 Å². The average Bonchev–Trinajstić information content (AvgIpc) is 2.93. The van der Waals surface area contributed by atoms with Crippen LogP contribution in [0.4, 0.5) is 5.82 Å². The maximum absolute atomic E-state index is 5.86. The molecule has 0 saturated carbocycles. The summed E-state index contributed by atoms with van der Waals surface area (Å²) in [5, 5.41) is 16.1. The van der Waals surface area contributed by atoms with Crippen LogP contribution in [0.25, 0.3) is 5.65 Å². The number of benzene rings is 1. The van der Waals surface area contributed by atoms with Crippen molar-refractivity contribution in [2.75, 3.05) is 5.43 Å². The first-order valence-corrected chi connectivity index (χ1v) is 6.39. The first kappa shape index (κ1) is 12.6. The minimum atomic E-state index is 0.636. The van der Waals surface area contributed by atoms with Crippen LogP contribution in [-0.4, -0.2) is 21.0 Å². The molecule has 2 heterocycles. The highest BCUT2D eigenvalue weighted by Crippen LogP contribution is 2.10. The van der Waals surface area contributed by atoms with Crippen molar-refractivity contribution in [3.63, 3.8) is 0 Å². The highest BCUT2D eigenvalue weighted by molar-refractivity contribution is 6.30. The summed E-state index contributed by atoms with van der Waals surface area (Å²) in [6.45, 7) is 1.92. The number of halogens is 1. The van der Waals surface area contributed by atoms with E-state index in [1.54, 1.807) is 10.8 Å². The Balaban J connectivity index is 1.80. The number of nitrogens with one attached hydrogen (secondary N) is 2. The number of anilines is 1. The molecule has 0 spiro atoms. The predicted octanol–water partition coefficient (Wildman–Crippen LogP) is 2.03. The molecule has 7 heteroatoms. The largest absolute Gasteiger partial charge is 0.325 e. The van der Waals surface area contributed by atoms with Gasteiger partial charge in [-0.3, -0.25) is 5.43 Å². The average molecular weight is 288 g/mol. The zero-order valence-electron chi connectivity index (χ0n) is 10.7. The van der Waals surface area contributed by atoms with Gasteiger partial charge in [-0.1, -0.05) is 28.8 Å². The van der Waals surface area contributed by atoms with E-state index in [0.717, 1.165) is 16.9 Å². The fraction of sp³-hybridized carbons (Fsp3) is 0.0769. The molecule has 3 aromatic rings. The lowest BCUT2D eigenvalue weighted by Gasteiger charge is -2.02. The minimum Gasteiger partial charge on any atom is -0.259 e. The second-order valence-corrected chi connectivity index (χ2v) is 4.64. The first-order valence-electron chi connectivity index (χ1n) is 6.01. The number of fused-ring (bicyclic) bond motifs is 1. The summed E-state index contributed by atoms with van der Waals surface area (Å²) in [5.41, 5.74) is 5.51. The van der Waals surface area contributed by atoms with E-state index in [0.29, 0.717) is 10.8 Å². The third-order valence-corrected chi connectivity index (χ3v) is 3.05. The van der Waals surface area contributed by atoms with Gasteiger partial charge in [-0.15, -0.1) is 9.61 Å². The van der Waals surface area contributed by atoms with Crippen LogP contribution in [-0.2, 0) is 0 Å². The molecule has 6 nitrogen and oxygen atoms in total. The van der Waals surface area contributed by atoms with Gasteiger partial charge in [0.05, 0.1) is 5.71 Å². The van der Waals surface area contributed by atoms with Crippen LogP contribution in [0.15, 0.2) is 47.8 Å². The molecule has 0 aliphatic carbocycles. The molecule has 0 bridgehead atoms.